The number of rotatable bonds is 7. The van der Waals surface area contributed by atoms with Crippen LogP contribution >= 0.6 is 15.9 Å². The van der Waals surface area contributed by atoms with E-state index in [1.807, 2.05) is 11.8 Å². The van der Waals surface area contributed by atoms with Gasteiger partial charge < -0.3 is 34.3 Å². The molecule has 1 unspecified atom stereocenters. The van der Waals surface area contributed by atoms with Crippen LogP contribution < -0.4 is 20.5 Å². The van der Waals surface area contributed by atoms with Gasteiger partial charge in [-0.05, 0) is 61.3 Å². The molecule has 0 radical (unpaired) electrons. The van der Waals surface area contributed by atoms with E-state index < -0.39 is 35.2 Å². The van der Waals surface area contributed by atoms with Crippen molar-refractivity contribution in [3.63, 3.8) is 0 Å². The number of methoxy groups -OCH3 is 1. The molecule has 1 fully saturated rings. The summed E-state index contributed by atoms with van der Waals surface area (Å²) >= 11 is 3.22. The molecule has 3 heterocycles. The monoisotopic (exact) mass is 659 g/mol. The summed E-state index contributed by atoms with van der Waals surface area (Å²) in [6.07, 6.45) is -5.93. The molecule has 1 atom stereocenters. The average molecular weight is 660 g/mol. The first-order valence-electron chi connectivity index (χ1n) is 13.2. The Balaban J connectivity index is 1.65. The van der Waals surface area contributed by atoms with Crippen molar-refractivity contribution in [2.75, 3.05) is 43.5 Å². The number of nitrogens with zero attached hydrogens (tertiary/aromatic N) is 6. The van der Waals surface area contributed by atoms with Gasteiger partial charge in [-0.25, -0.2) is 4.79 Å². The minimum absolute atomic E-state index is 0.0987. The molecule has 0 bridgehead atoms. The average Bonchev–Trinajstić information content (AvgIpc) is 3.30. The molecule has 0 aliphatic carbocycles. The van der Waals surface area contributed by atoms with Crippen molar-refractivity contribution in [1.29, 1.82) is 0 Å². The van der Waals surface area contributed by atoms with E-state index in [2.05, 4.69) is 31.3 Å². The fourth-order valence-electron chi connectivity index (χ4n) is 4.75. The van der Waals surface area contributed by atoms with Crippen LogP contribution in [0.3, 0.4) is 0 Å². The molecule has 1 aromatic carbocycles. The Labute approximate surface area is 248 Å². The van der Waals surface area contributed by atoms with Gasteiger partial charge in [-0.2, -0.15) is 22.7 Å². The van der Waals surface area contributed by atoms with Gasteiger partial charge in [0.05, 0.1) is 24.9 Å². The summed E-state index contributed by atoms with van der Waals surface area (Å²) in [5.41, 5.74) is -0.867. The number of halogens is 4. The number of amides is 1. The lowest BCUT2D eigenvalue weighted by Crippen LogP contribution is -2.51. The van der Waals surface area contributed by atoms with Gasteiger partial charge in [-0.3, -0.25) is 4.79 Å². The number of piperazine rings is 1. The lowest BCUT2D eigenvalue weighted by atomic mass is 10.1. The maximum Gasteiger partial charge on any atom is 0.416 e. The minimum atomic E-state index is -4.56. The molecule has 1 aliphatic heterocycles. The summed E-state index contributed by atoms with van der Waals surface area (Å²) in [5, 5.41) is 18.0. The Morgan fingerprint density at radius 1 is 1.19 bits per heavy atom. The number of nitrogens with one attached hydrogen (secondary N) is 1. The fourth-order valence-corrected chi connectivity index (χ4v) is 5.07. The highest BCUT2D eigenvalue weighted by Crippen LogP contribution is 2.35. The molecular formula is C26H33BrF3N7O5. The van der Waals surface area contributed by atoms with Crippen molar-refractivity contribution >= 4 is 39.2 Å². The standard InChI is InChI=1S/C26H33BrF3N7O5/c1-6-17-20(34-9-11-35(12-10-34)24(40)42-25(2,3)4)21(39)37-23(32-22(27)33-37)36(17)14-19(38)31-16-8-7-15(26(28,29)30)13-18(16)41-5/h7-8,13,19,31,38H,6,9-12,14H2,1-5H3. The molecular weight excluding hydrogens is 627 g/mol. The number of benzene rings is 1. The van der Waals surface area contributed by atoms with Gasteiger partial charge in [0.25, 0.3) is 5.56 Å². The topological polar surface area (TPSA) is 126 Å². The van der Waals surface area contributed by atoms with E-state index in [1.54, 1.807) is 30.2 Å². The van der Waals surface area contributed by atoms with Crippen molar-refractivity contribution in [3.05, 3.63) is 44.5 Å². The number of aliphatic hydroxyl groups excluding tert-OH is 1. The molecule has 16 heteroatoms. The molecule has 2 N–H and O–H groups in total. The number of carbonyl (C=O) groups excluding carboxylic acids is 1. The summed E-state index contributed by atoms with van der Waals surface area (Å²) in [7, 11) is 1.23. The molecule has 2 aromatic heterocycles. The second-order valence-corrected chi connectivity index (χ2v) is 11.4. The van der Waals surface area contributed by atoms with Crippen LogP contribution in [-0.4, -0.2) is 80.4 Å². The van der Waals surface area contributed by atoms with Crippen molar-refractivity contribution in [2.45, 2.75) is 58.7 Å². The lowest BCUT2D eigenvalue weighted by Gasteiger charge is -2.37. The van der Waals surface area contributed by atoms with Crippen LogP contribution in [0.4, 0.5) is 29.3 Å². The molecule has 1 amide bonds. The minimum Gasteiger partial charge on any atom is -0.495 e. The molecule has 3 aromatic rings. The highest BCUT2D eigenvalue weighted by molar-refractivity contribution is 9.10. The summed E-state index contributed by atoms with van der Waals surface area (Å²) in [6.45, 7) is 8.46. The van der Waals surface area contributed by atoms with E-state index in [0.717, 1.165) is 16.6 Å². The van der Waals surface area contributed by atoms with Gasteiger partial charge in [0.1, 0.15) is 23.3 Å². The van der Waals surface area contributed by atoms with E-state index in [0.29, 0.717) is 44.0 Å². The number of aliphatic hydroxyl groups is 1. The predicted octanol–water partition coefficient (Wildman–Crippen LogP) is 3.73. The number of hydrogen-bond acceptors (Lipinski definition) is 9. The maximum absolute atomic E-state index is 13.6. The van der Waals surface area contributed by atoms with Crippen LogP contribution in [-0.2, 0) is 23.9 Å². The van der Waals surface area contributed by atoms with Crippen LogP contribution in [0.15, 0.2) is 27.7 Å². The van der Waals surface area contributed by atoms with E-state index in [1.165, 1.54) is 13.2 Å². The predicted molar refractivity (Wildman–Crippen MR) is 152 cm³/mol. The van der Waals surface area contributed by atoms with Crippen LogP contribution in [0.5, 0.6) is 5.75 Å². The van der Waals surface area contributed by atoms with Crippen LogP contribution in [0.1, 0.15) is 39.0 Å². The second kappa shape index (κ2) is 12.0. The van der Waals surface area contributed by atoms with Gasteiger partial charge in [0, 0.05) is 31.9 Å². The number of carbonyl (C=O) groups is 1. The van der Waals surface area contributed by atoms with Gasteiger partial charge >= 0.3 is 12.3 Å². The first-order chi connectivity index (χ1) is 19.6. The van der Waals surface area contributed by atoms with Crippen molar-refractivity contribution in [2.24, 2.45) is 0 Å². The number of anilines is 2. The Kier molecular flexibility index (Phi) is 8.97. The molecule has 0 spiro atoms. The van der Waals surface area contributed by atoms with Crippen molar-refractivity contribution in [1.82, 2.24) is 24.1 Å². The van der Waals surface area contributed by atoms with Crippen LogP contribution in [0.25, 0.3) is 5.78 Å². The zero-order chi connectivity index (χ0) is 31.0. The Hall–Kier alpha value is -3.53. The first kappa shape index (κ1) is 31.4. The smallest absolute Gasteiger partial charge is 0.416 e. The first-order valence-corrected chi connectivity index (χ1v) is 14.0. The van der Waals surface area contributed by atoms with E-state index in [-0.39, 0.29) is 28.5 Å². The largest absolute Gasteiger partial charge is 0.495 e. The SMILES string of the molecule is CCc1c(N2CCN(C(=O)OC(C)(C)C)CC2)c(=O)n2nc(Br)nc2n1CC(O)Nc1ccc(C(F)(F)F)cc1OC. The number of ether oxygens (including phenoxy) is 2. The van der Waals surface area contributed by atoms with Crippen molar-refractivity contribution < 1.29 is 32.5 Å². The third kappa shape index (κ3) is 6.75. The normalized spacial score (nSPS) is 15.2. The number of alkyl halides is 3. The quantitative estimate of drug-likeness (QED) is 0.365. The highest BCUT2D eigenvalue weighted by Gasteiger charge is 2.32. The molecule has 12 nitrogen and oxygen atoms in total. The Morgan fingerprint density at radius 3 is 2.43 bits per heavy atom. The van der Waals surface area contributed by atoms with Gasteiger partial charge in [-0.15, -0.1) is 5.10 Å². The zero-order valence-corrected chi connectivity index (χ0v) is 25.4. The Morgan fingerprint density at radius 2 is 1.86 bits per heavy atom. The Bertz CT molecular complexity index is 1510. The fraction of sp³-hybridized carbons (Fsp3) is 0.538. The lowest BCUT2D eigenvalue weighted by molar-refractivity contribution is -0.137. The van der Waals surface area contributed by atoms with Crippen molar-refractivity contribution in [3.8, 4) is 5.75 Å². The molecule has 42 heavy (non-hydrogen) atoms. The van der Waals surface area contributed by atoms with Gasteiger partial charge in [-0.1, -0.05) is 6.92 Å². The summed E-state index contributed by atoms with van der Waals surface area (Å²) in [4.78, 5) is 34.0. The highest BCUT2D eigenvalue weighted by atomic mass is 79.9. The van der Waals surface area contributed by atoms with Gasteiger partial charge in [0.2, 0.25) is 10.5 Å². The van der Waals surface area contributed by atoms with E-state index >= 15 is 0 Å². The van der Waals surface area contributed by atoms with E-state index in [9.17, 15) is 27.9 Å². The molecule has 230 valence electrons. The summed E-state index contributed by atoms with van der Waals surface area (Å²) in [6, 6.07) is 2.90. The molecule has 0 saturated carbocycles. The number of fused-ring (bicyclic) bond motifs is 1. The molecule has 1 saturated heterocycles. The number of hydrogen-bond donors (Lipinski definition) is 2. The zero-order valence-electron chi connectivity index (χ0n) is 23.8. The molecule has 1 aliphatic rings. The number of aromatic nitrogens is 4. The summed E-state index contributed by atoms with van der Waals surface area (Å²) in [5.74, 6) is 0.0681. The maximum atomic E-state index is 13.6. The van der Waals surface area contributed by atoms with E-state index in [4.69, 9.17) is 9.47 Å². The van der Waals surface area contributed by atoms with Crippen LogP contribution in [0, 0.1) is 0 Å². The molecule has 4 rings (SSSR count). The summed E-state index contributed by atoms with van der Waals surface area (Å²) < 4.78 is 53.0. The third-order valence-corrected chi connectivity index (χ3v) is 6.92. The van der Waals surface area contributed by atoms with Crippen LogP contribution in [0.2, 0.25) is 0 Å². The van der Waals surface area contributed by atoms with Gasteiger partial charge in [0.15, 0.2) is 0 Å². The third-order valence-electron chi connectivity index (χ3n) is 6.59. The second-order valence-electron chi connectivity index (χ2n) is 10.7.